The molecule has 1 aromatic rings. The fourth-order valence-corrected chi connectivity index (χ4v) is 2.08. The van der Waals surface area contributed by atoms with Crippen LogP contribution >= 0.6 is 0 Å². The number of halogens is 1. The quantitative estimate of drug-likeness (QED) is 0.613. The van der Waals surface area contributed by atoms with Gasteiger partial charge < -0.3 is 9.84 Å². The minimum absolute atomic E-state index is 0.00586. The van der Waals surface area contributed by atoms with Crippen LogP contribution in [0.3, 0.4) is 0 Å². The number of carboxylic acid groups (broad SMARTS) is 1. The Labute approximate surface area is 116 Å². The Hall–Kier alpha value is -1.89. The van der Waals surface area contributed by atoms with E-state index in [0.29, 0.717) is 12.0 Å². The Bertz CT molecular complexity index is 607. The van der Waals surface area contributed by atoms with E-state index >= 15 is 0 Å². The maximum absolute atomic E-state index is 13.3. The number of rotatable bonds is 7. The van der Waals surface area contributed by atoms with Gasteiger partial charge in [-0.25, -0.2) is 17.6 Å². The van der Waals surface area contributed by atoms with Crippen LogP contribution in [-0.2, 0) is 14.6 Å². The lowest BCUT2D eigenvalue weighted by molar-refractivity contribution is -0.131. The highest BCUT2D eigenvalue weighted by Gasteiger charge is 2.04. The van der Waals surface area contributed by atoms with Gasteiger partial charge in [0.25, 0.3) is 0 Å². The van der Waals surface area contributed by atoms with Crippen LogP contribution in [0.15, 0.2) is 24.3 Å². The van der Waals surface area contributed by atoms with Crippen molar-refractivity contribution in [3.63, 3.8) is 0 Å². The predicted octanol–water partition coefficient (Wildman–Crippen LogP) is 1.74. The highest BCUT2D eigenvalue weighted by atomic mass is 32.2. The molecule has 0 heterocycles. The lowest BCUT2D eigenvalue weighted by atomic mass is 10.2. The van der Waals surface area contributed by atoms with Crippen molar-refractivity contribution in [2.75, 3.05) is 18.6 Å². The van der Waals surface area contributed by atoms with Crippen LogP contribution in [0.2, 0.25) is 0 Å². The lowest BCUT2D eigenvalue weighted by Gasteiger charge is -2.07. The van der Waals surface area contributed by atoms with Gasteiger partial charge in [-0.1, -0.05) is 0 Å². The fraction of sp³-hybridized carbons (Fsp3) is 0.308. The first-order valence-electron chi connectivity index (χ1n) is 5.78. The molecule has 5 nitrogen and oxygen atoms in total. The molecular weight excluding hydrogens is 287 g/mol. The average molecular weight is 302 g/mol. The fourth-order valence-electron chi connectivity index (χ4n) is 1.44. The summed E-state index contributed by atoms with van der Waals surface area (Å²) in [5.74, 6) is -1.47. The maximum Gasteiger partial charge on any atom is 0.328 e. The number of carboxylic acids is 1. The van der Waals surface area contributed by atoms with Crippen LogP contribution in [0.4, 0.5) is 4.39 Å². The second-order valence-corrected chi connectivity index (χ2v) is 6.48. The Morgan fingerprint density at radius 3 is 2.70 bits per heavy atom. The van der Waals surface area contributed by atoms with Gasteiger partial charge in [-0.2, -0.15) is 0 Å². The van der Waals surface area contributed by atoms with Crippen molar-refractivity contribution >= 4 is 21.9 Å². The normalized spacial score (nSPS) is 11.7. The molecule has 1 N–H and O–H groups in total. The third-order valence-electron chi connectivity index (χ3n) is 2.24. The molecule has 0 amide bonds. The summed E-state index contributed by atoms with van der Waals surface area (Å²) in [6.07, 6.45) is 3.57. The zero-order chi connectivity index (χ0) is 15.2. The maximum atomic E-state index is 13.3. The molecule has 0 radical (unpaired) electrons. The number of hydrogen-bond donors (Lipinski definition) is 1. The molecule has 0 atom stereocenters. The number of hydrogen-bond acceptors (Lipinski definition) is 4. The highest BCUT2D eigenvalue weighted by molar-refractivity contribution is 7.90. The van der Waals surface area contributed by atoms with Crippen molar-refractivity contribution in [3.8, 4) is 5.75 Å². The third-order valence-corrected chi connectivity index (χ3v) is 3.27. The van der Waals surface area contributed by atoms with Crippen LogP contribution in [0.1, 0.15) is 12.0 Å². The van der Waals surface area contributed by atoms with Crippen molar-refractivity contribution in [1.82, 2.24) is 0 Å². The number of sulfone groups is 1. The third kappa shape index (κ3) is 6.89. The largest absolute Gasteiger partial charge is 0.493 e. The first-order chi connectivity index (χ1) is 9.26. The molecule has 0 aromatic heterocycles. The van der Waals surface area contributed by atoms with E-state index in [1.54, 1.807) is 0 Å². The predicted molar refractivity (Wildman–Crippen MR) is 72.9 cm³/mol. The number of carbonyl (C=O) groups is 1. The zero-order valence-electron chi connectivity index (χ0n) is 10.9. The molecule has 0 fully saturated rings. The molecule has 0 spiro atoms. The molecule has 1 rings (SSSR count). The summed E-state index contributed by atoms with van der Waals surface area (Å²) in [5.41, 5.74) is 0.352. The number of aliphatic carboxylic acids is 1. The van der Waals surface area contributed by atoms with Gasteiger partial charge in [0.15, 0.2) is 0 Å². The van der Waals surface area contributed by atoms with E-state index in [1.165, 1.54) is 18.2 Å². The molecule has 0 unspecified atom stereocenters. The monoisotopic (exact) mass is 302 g/mol. The first kappa shape index (κ1) is 16.2. The summed E-state index contributed by atoms with van der Waals surface area (Å²) in [7, 11) is -3.04. The van der Waals surface area contributed by atoms with E-state index < -0.39 is 21.6 Å². The van der Waals surface area contributed by atoms with Crippen LogP contribution in [0, 0.1) is 5.82 Å². The lowest BCUT2D eigenvalue weighted by Crippen LogP contribution is -2.08. The van der Waals surface area contributed by atoms with Gasteiger partial charge in [0.05, 0.1) is 12.4 Å². The smallest absolute Gasteiger partial charge is 0.328 e. The minimum atomic E-state index is -3.04. The standard InChI is InChI=1S/C13H15FO5S/c1-20(17,18)6-2-5-19-12-8-10(3-4-13(15)16)7-11(14)9-12/h3-4,7-9H,2,5-6H2,1H3,(H,15,16)/b4-3+. The van der Waals surface area contributed by atoms with E-state index in [4.69, 9.17) is 9.84 Å². The van der Waals surface area contributed by atoms with E-state index in [-0.39, 0.29) is 18.1 Å². The van der Waals surface area contributed by atoms with Crippen LogP contribution in [-0.4, -0.2) is 38.1 Å². The molecule has 1 aromatic carbocycles. The number of ether oxygens (including phenoxy) is 1. The van der Waals surface area contributed by atoms with E-state index in [1.807, 2.05) is 0 Å². The topological polar surface area (TPSA) is 80.7 Å². The van der Waals surface area contributed by atoms with Crippen molar-refractivity contribution in [3.05, 3.63) is 35.7 Å². The second kappa shape index (κ2) is 7.04. The Kier molecular flexibility index (Phi) is 5.69. The van der Waals surface area contributed by atoms with E-state index in [0.717, 1.165) is 18.4 Å². The molecule has 20 heavy (non-hydrogen) atoms. The van der Waals surface area contributed by atoms with Gasteiger partial charge in [0, 0.05) is 18.4 Å². The van der Waals surface area contributed by atoms with Gasteiger partial charge >= 0.3 is 5.97 Å². The van der Waals surface area contributed by atoms with E-state index in [9.17, 15) is 17.6 Å². The van der Waals surface area contributed by atoms with E-state index in [2.05, 4.69) is 0 Å². The second-order valence-electron chi connectivity index (χ2n) is 4.22. The summed E-state index contributed by atoms with van der Waals surface area (Å²) in [4.78, 5) is 10.4. The number of benzene rings is 1. The molecule has 7 heteroatoms. The molecule has 110 valence electrons. The Balaban J connectivity index is 2.64. The molecule has 0 aliphatic heterocycles. The van der Waals surface area contributed by atoms with Crippen molar-refractivity contribution in [2.45, 2.75) is 6.42 Å². The van der Waals surface area contributed by atoms with Gasteiger partial charge in [-0.15, -0.1) is 0 Å². The van der Waals surface area contributed by atoms with Gasteiger partial charge in [0.1, 0.15) is 21.4 Å². The summed E-state index contributed by atoms with van der Waals surface area (Å²) in [6, 6.07) is 3.80. The first-order valence-corrected chi connectivity index (χ1v) is 7.84. The summed E-state index contributed by atoms with van der Waals surface area (Å²) in [5, 5.41) is 8.49. The Morgan fingerprint density at radius 1 is 1.40 bits per heavy atom. The molecule has 0 aliphatic rings. The van der Waals surface area contributed by atoms with Crippen molar-refractivity contribution in [2.24, 2.45) is 0 Å². The Morgan fingerprint density at radius 2 is 2.10 bits per heavy atom. The van der Waals surface area contributed by atoms with Crippen LogP contribution < -0.4 is 4.74 Å². The van der Waals surface area contributed by atoms with Crippen LogP contribution in [0.5, 0.6) is 5.75 Å². The van der Waals surface area contributed by atoms with Crippen molar-refractivity contribution < 1.29 is 27.4 Å². The summed E-state index contributed by atoms with van der Waals surface area (Å²) < 4.78 is 40.4. The van der Waals surface area contributed by atoms with Crippen LogP contribution in [0.25, 0.3) is 6.08 Å². The zero-order valence-corrected chi connectivity index (χ0v) is 11.7. The van der Waals surface area contributed by atoms with Crippen molar-refractivity contribution in [1.29, 1.82) is 0 Å². The highest BCUT2D eigenvalue weighted by Crippen LogP contribution is 2.17. The summed E-state index contributed by atoms with van der Waals surface area (Å²) >= 11 is 0. The average Bonchev–Trinajstić information content (AvgIpc) is 2.30. The van der Waals surface area contributed by atoms with Gasteiger partial charge in [-0.3, -0.25) is 0 Å². The summed E-state index contributed by atoms with van der Waals surface area (Å²) in [6.45, 7) is 0.138. The SMILES string of the molecule is CS(=O)(=O)CCCOc1cc(F)cc(/C=C/C(=O)O)c1. The molecular formula is C13H15FO5S. The molecule has 0 aliphatic carbocycles. The van der Waals surface area contributed by atoms with Gasteiger partial charge in [0.2, 0.25) is 0 Å². The molecule has 0 saturated carbocycles. The van der Waals surface area contributed by atoms with Gasteiger partial charge in [-0.05, 0) is 30.2 Å². The molecule has 0 saturated heterocycles. The minimum Gasteiger partial charge on any atom is -0.493 e. The molecule has 0 bridgehead atoms.